The third kappa shape index (κ3) is 4.29. The lowest BCUT2D eigenvalue weighted by atomic mass is 10.1. The fraction of sp³-hybridized carbons (Fsp3) is 0.364. The predicted octanol–water partition coefficient (Wildman–Crippen LogP) is 3.65. The smallest absolute Gasteiger partial charge is 0.260 e. The quantitative estimate of drug-likeness (QED) is 0.642. The molecule has 0 saturated carbocycles. The van der Waals surface area contributed by atoms with E-state index in [0.717, 1.165) is 23.7 Å². The lowest BCUT2D eigenvalue weighted by Crippen LogP contribution is -2.50. The number of benzene rings is 2. The largest absolute Gasteiger partial charge is 0.497 e. The van der Waals surface area contributed by atoms with Gasteiger partial charge in [-0.15, -0.1) is 0 Å². The fourth-order valence-corrected chi connectivity index (χ4v) is 4.64. The number of carbonyl (C=O) groups is 1. The van der Waals surface area contributed by atoms with Crippen molar-refractivity contribution in [2.75, 3.05) is 44.8 Å². The number of ether oxygens (including phenoxy) is 2. The predicted molar refractivity (Wildman–Crippen MR) is 116 cm³/mol. The maximum atomic E-state index is 12.5. The summed E-state index contributed by atoms with van der Waals surface area (Å²) in [5, 5.41) is 1.04. The number of aromatic nitrogens is 1. The van der Waals surface area contributed by atoms with Gasteiger partial charge in [-0.25, -0.2) is 4.98 Å². The van der Waals surface area contributed by atoms with Crippen molar-refractivity contribution in [2.45, 2.75) is 13.8 Å². The summed E-state index contributed by atoms with van der Waals surface area (Å²) in [7, 11) is 1.61. The van der Waals surface area contributed by atoms with Crippen molar-refractivity contribution in [1.29, 1.82) is 0 Å². The third-order valence-corrected chi connectivity index (χ3v) is 6.38. The van der Waals surface area contributed by atoms with Gasteiger partial charge in [0.1, 0.15) is 11.5 Å². The summed E-state index contributed by atoms with van der Waals surface area (Å²) in [4.78, 5) is 21.5. The Labute approximate surface area is 174 Å². The molecule has 1 aliphatic heterocycles. The number of carbonyl (C=O) groups excluding carboxylic acids is 1. The van der Waals surface area contributed by atoms with Crippen LogP contribution in [0, 0.1) is 13.8 Å². The summed E-state index contributed by atoms with van der Waals surface area (Å²) in [6.45, 7) is 7.18. The molecular formula is C22H25N3O3S. The van der Waals surface area contributed by atoms with E-state index in [2.05, 4.69) is 30.9 Å². The van der Waals surface area contributed by atoms with E-state index in [9.17, 15) is 4.79 Å². The fourth-order valence-electron chi connectivity index (χ4n) is 3.57. The Morgan fingerprint density at radius 2 is 1.86 bits per heavy atom. The average molecular weight is 412 g/mol. The van der Waals surface area contributed by atoms with E-state index in [1.165, 1.54) is 15.8 Å². The number of hydrogen-bond acceptors (Lipinski definition) is 6. The highest BCUT2D eigenvalue weighted by Crippen LogP contribution is 2.32. The van der Waals surface area contributed by atoms with E-state index in [4.69, 9.17) is 14.5 Å². The van der Waals surface area contributed by atoms with Crippen LogP contribution in [0.5, 0.6) is 11.5 Å². The molecule has 1 saturated heterocycles. The van der Waals surface area contributed by atoms with Crippen molar-refractivity contribution >= 4 is 32.6 Å². The van der Waals surface area contributed by atoms with Gasteiger partial charge in [0, 0.05) is 32.2 Å². The van der Waals surface area contributed by atoms with E-state index in [1.54, 1.807) is 24.5 Å². The van der Waals surface area contributed by atoms with Crippen LogP contribution in [0.2, 0.25) is 0 Å². The number of rotatable bonds is 5. The third-order valence-electron chi connectivity index (χ3n) is 5.12. The zero-order valence-corrected chi connectivity index (χ0v) is 17.8. The maximum Gasteiger partial charge on any atom is 0.260 e. The number of nitrogens with zero attached hydrogens (tertiary/aromatic N) is 3. The second-order valence-electron chi connectivity index (χ2n) is 7.26. The van der Waals surface area contributed by atoms with Gasteiger partial charge in [0.05, 0.1) is 17.3 Å². The molecule has 0 bridgehead atoms. The van der Waals surface area contributed by atoms with E-state index >= 15 is 0 Å². The molecule has 2 heterocycles. The summed E-state index contributed by atoms with van der Waals surface area (Å²) in [5.41, 5.74) is 3.57. The molecule has 4 rings (SSSR count). The van der Waals surface area contributed by atoms with Gasteiger partial charge >= 0.3 is 0 Å². The highest BCUT2D eigenvalue weighted by Gasteiger charge is 2.23. The average Bonchev–Trinajstić information content (AvgIpc) is 3.16. The topological polar surface area (TPSA) is 54.9 Å². The number of thiazole rings is 1. The van der Waals surface area contributed by atoms with Crippen LogP contribution >= 0.6 is 11.3 Å². The van der Waals surface area contributed by atoms with Crippen LogP contribution in [0.1, 0.15) is 11.1 Å². The van der Waals surface area contributed by atoms with Gasteiger partial charge < -0.3 is 19.3 Å². The molecule has 1 fully saturated rings. The number of anilines is 1. The van der Waals surface area contributed by atoms with Crippen LogP contribution in [0.15, 0.2) is 36.4 Å². The standard InChI is InChI=1S/C22H25N3O3S/c1-15-11-16(2)21-19(12-15)23-22(29-21)25-9-7-24(8-10-25)20(26)14-28-18-6-4-5-17(13-18)27-3/h4-6,11-13H,7-10,14H2,1-3H3. The first kappa shape index (κ1) is 19.5. The molecule has 3 aromatic rings. The Hall–Kier alpha value is -2.80. The Morgan fingerprint density at radius 1 is 1.10 bits per heavy atom. The number of hydrogen-bond donors (Lipinski definition) is 0. The first-order valence-electron chi connectivity index (χ1n) is 9.71. The van der Waals surface area contributed by atoms with Gasteiger partial charge in [0.15, 0.2) is 11.7 Å². The molecule has 1 amide bonds. The molecule has 6 nitrogen and oxygen atoms in total. The lowest BCUT2D eigenvalue weighted by molar-refractivity contribution is -0.133. The molecule has 1 aromatic heterocycles. The highest BCUT2D eigenvalue weighted by molar-refractivity contribution is 7.22. The number of piperazine rings is 1. The van der Waals surface area contributed by atoms with Gasteiger partial charge in [-0.05, 0) is 43.2 Å². The van der Waals surface area contributed by atoms with Gasteiger partial charge in [0.2, 0.25) is 0 Å². The molecule has 0 spiro atoms. The zero-order valence-electron chi connectivity index (χ0n) is 17.0. The monoisotopic (exact) mass is 411 g/mol. The van der Waals surface area contributed by atoms with Crippen molar-refractivity contribution in [3.63, 3.8) is 0 Å². The minimum absolute atomic E-state index is 0.00300. The van der Waals surface area contributed by atoms with Crippen molar-refractivity contribution in [3.8, 4) is 11.5 Å². The first-order chi connectivity index (χ1) is 14.0. The maximum absolute atomic E-state index is 12.5. The van der Waals surface area contributed by atoms with Gasteiger partial charge in [0.25, 0.3) is 5.91 Å². The Balaban J connectivity index is 1.34. The minimum Gasteiger partial charge on any atom is -0.497 e. The molecule has 29 heavy (non-hydrogen) atoms. The van der Waals surface area contributed by atoms with Gasteiger partial charge in [-0.1, -0.05) is 23.5 Å². The molecule has 7 heteroatoms. The van der Waals surface area contributed by atoms with E-state index < -0.39 is 0 Å². The van der Waals surface area contributed by atoms with Crippen molar-refractivity contribution < 1.29 is 14.3 Å². The summed E-state index contributed by atoms with van der Waals surface area (Å²) in [6, 6.07) is 11.6. The molecule has 0 unspecified atom stereocenters. The molecule has 0 atom stereocenters. The summed E-state index contributed by atoms with van der Waals surface area (Å²) in [5.74, 6) is 1.35. The van der Waals surface area contributed by atoms with Crippen LogP contribution in [-0.4, -0.2) is 55.7 Å². The van der Waals surface area contributed by atoms with Gasteiger partial charge in [-0.2, -0.15) is 0 Å². The molecule has 152 valence electrons. The van der Waals surface area contributed by atoms with Gasteiger partial charge in [-0.3, -0.25) is 4.79 Å². The molecule has 0 radical (unpaired) electrons. The van der Waals surface area contributed by atoms with Crippen LogP contribution in [-0.2, 0) is 4.79 Å². The number of fused-ring (bicyclic) bond motifs is 1. The SMILES string of the molecule is COc1cccc(OCC(=O)N2CCN(c3nc4cc(C)cc(C)c4s3)CC2)c1. The molecule has 2 aromatic carbocycles. The van der Waals surface area contributed by atoms with E-state index in [0.29, 0.717) is 24.6 Å². The van der Waals surface area contributed by atoms with Crippen LogP contribution < -0.4 is 14.4 Å². The normalized spacial score (nSPS) is 14.3. The number of amides is 1. The first-order valence-corrected chi connectivity index (χ1v) is 10.5. The molecule has 1 aliphatic rings. The van der Waals surface area contributed by atoms with Crippen LogP contribution in [0.25, 0.3) is 10.2 Å². The highest BCUT2D eigenvalue weighted by atomic mass is 32.1. The van der Waals surface area contributed by atoms with Crippen LogP contribution in [0.3, 0.4) is 0 Å². The Bertz CT molecular complexity index is 1030. The summed E-state index contributed by atoms with van der Waals surface area (Å²) in [6.07, 6.45) is 0. The molecule has 0 aliphatic carbocycles. The van der Waals surface area contributed by atoms with Crippen molar-refractivity contribution in [3.05, 3.63) is 47.5 Å². The second-order valence-corrected chi connectivity index (χ2v) is 8.24. The Kier molecular flexibility index (Phi) is 5.58. The Morgan fingerprint density at radius 3 is 2.62 bits per heavy atom. The number of aryl methyl sites for hydroxylation is 2. The second kappa shape index (κ2) is 8.29. The summed E-state index contributed by atoms with van der Waals surface area (Å²) < 4.78 is 12.1. The molecule has 0 N–H and O–H groups in total. The summed E-state index contributed by atoms with van der Waals surface area (Å²) >= 11 is 1.73. The van der Waals surface area contributed by atoms with Crippen molar-refractivity contribution in [2.24, 2.45) is 0 Å². The molecular weight excluding hydrogens is 386 g/mol. The number of methoxy groups -OCH3 is 1. The lowest BCUT2D eigenvalue weighted by Gasteiger charge is -2.34. The van der Waals surface area contributed by atoms with E-state index in [-0.39, 0.29) is 12.5 Å². The van der Waals surface area contributed by atoms with Crippen molar-refractivity contribution in [1.82, 2.24) is 9.88 Å². The van der Waals surface area contributed by atoms with Crippen LogP contribution in [0.4, 0.5) is 5.13 Å². The minimum atomic E-state index is 0.00300. The zero-order chi connectivity index (χ0) is 20.4. The van der Waals surface area contributed by atoms with E-state index in [1.807, 2.05) is 23.1 Å².